The largest absolute Gasteiger partial charge is 0.490 e. The van der Waals surface area contributed by atoms with Crippen molar-refractivity contribution in [3.8, 4) is 5.75 Å². The third-order valence-corrected chi connectivity index (χ3v) is 5.54. The maximum Gasteiger partial charge on any atom is 0.191 e. The van der Waals surface area contributed by atoms with Crippen LogP contribution in [0.15, 0.2) is 47.6 Å². The van der Waals surface area contributed by atoms with Crippen LogP contribution < -0.4 is 15.4 Å². The van der Waals surface area contributed by atoms with Crippen LogP contribution in [-0.4, -0.2) is 40.3 Å². The lowest BCUT2D eigenvalue weighted by Crippen LogP contribution is -2.38. The highest BCUT2D eigenvalue weighted by atomic mass is 127. The number of nitrogens with zero attached hydrogens (tertiary/aromatic N) is 4. The van der Waals surface area contributed by atoms with E-state index in [1.54, 1.807) is 12.1 Å². The van der Waals surface area contributed by atoms with E-state index in [0.717, 1.165) is 36.4 Å². The summed E-state index contributed by atoms with van der Waals surface area (Å²) < 4.78 is 22.0. The van der Waals surface area contributed by atoms with Crippen LogP contribution in [-0.2, 0) is 6.42 Å². The predicted molar refractivity (Wildman–Crippen MR) is 139 cm³/mol. The lowest BCUT2D eigenvalue weighted by Gasteiger charge is -2.19. The van der Waals surface area contributed by atoms with Gasteiger partial charge >= 0.3 is 0 Å². The van der Waals surface area contributed by atoms with Crippen molar-refractivity contribution in [1.82, 2.24) is 25.2 Å². The third-order valence-electron chi connectivity index (χ3n) is 5.54. The van der Waals surface area contributed by atoms with Crippen molar-refractivity contribution in [3.05, 3.63) is 59.8 Å². The number of hydrogen-bond acceptors (Lipinski definition) is 4. The minimum absolute atomic E-state index is 0. The van der Waals surface area contributed by atoms with Crippen LogP contribution in [0.1, 0.15) is 50.5 Å². The lowest BCUT2D eigenvalue weighted by atomic mass is 10.1. The van der Waals surface area contributed by atoms with Crippen LogP contribution in [0.2, 0.25) is 0 Å². The van der Waals surface area contributed by atoms with E-state index >= 15 is 0 Å². The summed E-state index contributed by atoms with van der Waals surface area (Å²) in [5.41, 5.74) is 1.70. The molecule has 0 radical (unpaired) electrons. The van der Waals surface area contributed by atoms with E-state index < -0.39 is 0 Å². The number of ether oxygens (including phenoxy) is 1. The Labute approximate surface area is 211 Å². The Balaban J connectivity index is 0.00000306. The lowest BCUT2D eigenvalue weighted by molar-refractivity contribution is 0.285. The van der Waals surface area contributed by atoms with Crippen LogP contribution in [0.4, 0.5) is 4.39 Å². The first-order valence-corrected chi connectivity index (χ1v) is 11.4. The number of aryl methyl sites for hydroxylation is 1. The van der Waals surface area contributed by atoms with Gasteiger partial charge in [0, 0.05) is 25.7 Å². The number of aliphatic imine (C=N–C) groups is 1. The molecule has 9 heteroatoms. The number of rotatable bonds is 10. The first kappa shape index (κ1) is 25.2. The molecule has 4 rings (SSSR count). The maximum absolute atomic E-state index is 14.4. The van der Waals surface area contributed by atoms with E-state index in [0.29, 0.717) is 30.8 Å². The summed E-state index contributed by atoms with van der Waals surface area (Å²) >= 11 is 0. The highest BCUT2D eigenvalue weighted by Gasteiger charge is 2.22. The molecule has 0 aliphatic heterocycles. The zero-order chi connectivity index (χ0) is 22.3. The number of halogens is 2. The molecule has 2 N–H and O–H groups in total. The average molecular weight is 566 g/mol. The normalized spacial score (nSPS) is 14.6. The van der Waals surface area contributed by atoms with E-state index in [4.69, 9.17) is 4.74 Å². The van der Waals surface area contributed by atoms with E-state index in [9.17, 15) is 4.39 Å². The van der Waals surface area contributed by atoms with Gasteiger partial charge in [-0.2, -0.15) is 0 Å². The average Bonchev–Trinajstić information content (AvgIpc) is 3.54. The Morgan fingerprint density at radius 2 is 2.12 bits per heavy atom. The summed E-state index contributed by atoms with van der Waals surface area (Å²) in [7, 11) is 0. The van der Waals surface area contributed by atoms with Crippen molar-refractivity contribution < 1.29 is 9.13 Å². The fourth-order valence-corrected chi connectivity index (χ4v) is 3.49. The highest BCUT2D eigenvalue weighted by Crippen LogP contribution is 2.30. The summed E-state index contributed by atoms with van der Waals surface area (Å²) in [6.07, 6.45) is 5.98. The fraction of sp³-hybridized carbons (Fsp3) is 0.458. The smallest absolute Gasteiger partial charge is 0.191 e. The van der Waals surface area contributed by atoms with Gasteiger partial charge in [-0.3, -0.25) is 9.39 Å². The number of hydrogen-bond donors (Lipinski definition) is 2. The summed E-state index contributed by atoms with van der Waals surface area (Å²) in [6.45, 7) is 6.01. The molecular formula is C24H32FIN6O. The van der Waals surface area contributed by atoms with Gasteiger partial charge in [0.25, 0.3) is 0 Å². The molecule has 2 aromatic heterocycles. The van der Waals surface area contributed by atoms with Crippen molar-refractivity contribution in [1.29, 1.82) is 0 Å². The molecule has 3 aromatic rings. The summed E-state index contributed by atoms with van der Waals surface area (Å²) in [4.78, 5) is 4.67. The second-order valence-corrected chi connectivity index (χ2v) is 8.22. The number of pyridine rings is 1. The molecule has 1 saturated carbocycles. The van der Waals surface area contributed by atoms with Crippen molar-refractivity contribution in [2.75, 3.05) is 19.7 Å². The third kappa shape index (κ3) is 7.02. The number of fused-ring (bicyclic) bond motifs is 1. The minimum atomic E-state index is -0.320. The molecule has 0 saturated heterocycles. The van der Waals surface area contributed by atoms with Gasteiger partial charge < -0.3 is 15.4 Å². The summed E-state index contributed by atoms with van der Waals surface area (Å²) in [5.74, 6) is 2.24. The Bertz CT molecular complexity index is 1070. The predicted octanol–water partition coefficient (Wildman–Crippen LogP) is 4.52. The van der Waals surface area contributed by atoms with Gasteiger partial charge in [0.15, 0.2) is 23.2 Å². The summed E-state index contributed by atoms with van der Waals surface area (Å²) in [5, 5.41) is 15.1. The van der Waals surface area contributed by atoms with Crippen LogP contribution in [0.5, 0.6) is 5.75 Å². The SMILES string of the molecule is CCNC(=NCCCc1nnc2ccccn12)NC(C)c1ccc(OCC2CC2)c(F)c1.I. The molecule has 0 spiro atoms. The zero-order valence-corrected chi connectivity index (χ0v) is 21.5. The Morgan fingerprint density at radius 3 is 2.88 bits per heavy atom. The van der Waals surface area contributed by atoms with Gasteiger partial charge in [-0.05, 0) is 68.9 Å². The van der Waals surface area contributed by atoms with Crippen LogP contribution >= 0.6 is 24.0 Å². The Hall–Kier alpha value is -2.43. The molecule has 0 bridgehead atoms. The Morgan fingerprint density at radius 1 is 1.27 bits per heavy atom. The minimum Gasteiger partial charge on any atom is -0.490 e. The molecule has 178 valence electrons. The number of guanidine groups is 1. The first-order valence-electron chi connectivity index (χ1n) is 11.4. The van der Waals surface area contributed by atoms with Gasteiger partial charge in [-0.1, -0.05) is 12.1 Å². The molecule has 1 aromatic carbocycles. The van der Waals surface area contributed by atoms with Gasteiger partial charge in [0.05, 0.1) is 12.6 Å². The molecule has 7 nitrogen and oxygen atoms in total. The standard InChI is InChI=1S/C24H31FN6O.HI/c1-3-26-24(27-13-6-8-23-30-29-22-7-4-5-14-31(22)23)28-17(2)19-11-12-21(20(25)15-19)32-16-18-9-10-18;/h4-5,7,11-12,14-15,17-18H,3,6,8-10,13,16H2,1-2H3,(H2,26,27,28);1H. The van der Waals surface area contributed by atoms with Gasteiger partial charge in [0.1, 0.15) is 5.82 Å². The van der Waals surface area contributed by atoms with Crippen LogP contribution in [0, 0.1) is 11.7 Å². The number of benzene rings is 1. The van der Waals surface area contributed by atoms with Gasteiger partial charge in [-0.25, -0.2) is 4.39 Å². The monoisotopic (exact) mass is 566 g/mol. The van der Waals surface area contributed by atoms with Crippen LogP contribution in [0.25, 0.3) is 5.65 Å². The fourth-order valence-electron chi connectivity index (χ4n) is 3.49. The quantitative estimate of drug-likeness (QED) is 0.163. The van der Waals surface area contributed by atoms with Gasteiger partial charge in [-0.15, -0.1) is 34.2 Å². The molecule has 1 atom stereocenters. The van der Waals surface area contributed by atoms with E-state index in [1.807, 2.05) is 48.7 Å². The zero-order valence-electron chi connectivity index (χ0n) is 19.1. The Kier molecular flexibility index (Phi) is 9.28. The number of nitrogens with one attached hydrogen (secondary N) is 2. The van der Waals surface area contributed by atoms with E-state index in [-0.39, 0.29) is 35.8 Å². The molecule has 33 heavy (non-hydrogen) atoms. The summed E-state index contributed by atoms with van der Waals surface area (Å²) in [6, 6.07) is 10.9. The second-order valence-electron chi connectivity index (χ2n) is 8.22. The molecule has 1 aliphatic carbocycles. The number of aromatic nitrogens is 3. The van der Waals surface area contributed by atoms with Gasteiger partial charge in [0.2, 0.25) is 0 Å². The topological polar surface area (TPSA) is 75.8 Å². The molecule has 1 aliphatic rings. The molecule has 0 amide bonds. The van der Waals surface area contributed by atoms with Crippen molar-refractivity contribution >= 4 is 35.6 Å². The van der Waals surface area contributed by atoms with Crippen molar-refractivity contribution in [2.45, 2.75) is 45.6 Å². The maximum atomic E-state index is 14.4. The highest BCUT2D eigenvalue weighted by molar-refractivity contribution is 14.0. The molecular weight excluding hydrogens is 534 g/mol. The second kappa shape index (κ2) is 12.2. The van der Waals surface area contributed by atoms with E-state index in [1.165, 1.54) is 12.8 Å². The molecule has 1 fully saturated rings. The van der Waals surface area contributed by atoms with Crippen LogP contribution in [0.3, 0.4) is 0 Å². The first-order chi connectivity index (χ1) is 15.6. The molecule has 2 heterocycles. The van der Waals surface area contributed by atoms with Crippen molar-refractivity contribution in [2.24, 2.45) is 10.9 Å². The van der Waals surface area contributed by atoms with E-state index in [2.05, 4.69) is 25.8 Å². The molecule has 1 unspecified atom stereocenters. The van der Waals surface area contributed by atoms with Crippen molar-refractivity contribution in [3.63, 3.8) is 0 Å².